The van der Waals surface area contributed by atoms with Gasteiger partial charge in [0.2, 0.25) is 5.95 Å². The van der Waals surface area contributed by atoms with Crippen LogP contribution in [0.25, 0.3) is 5.65 Å². The Kier molecular flexibility index (Phi) is 4.72. The molecule has 0 aliphatic carbocycles. The second-order valence-electron chi connectivity index (χ2n) is 7.47. The van der Waals surface area contributed by atoms with Crippen LogP contribution in [0.3, 0.4) is 0 Å². The van der Waals surface area contributed by atoms with Crippen LogP contribution in [-0.2, 0) is 4.74 Å². The van der Waals surface area contributed by atoms with Crippen molar-refractivity contribution in [1.82, 2.24) is 19.5 Å². The molecule has 1 aliphatic heterocycles. The van der Waals surface area contributed by atoms with E-state index in [9.17, 15) is 13.6 Å². The second-order valence-corrected chi connectivity index (χ2v) is 7.47. The number of carbonyl (C=O) groups is 1. The van der Waals surface area contributed by atoms with Gasteiger partial charge in [0.1, 0.15) is 5.60 Å². The first kappa shape index (κ1) is 18.3. The van der Waals surface area contributed by atoms with Gasteiger partial charge in [0.05, 0.1) is 6.54 Å². The maximum Gasteiger partial charge on any atom is 0.410 e. The predicted molar refractivity (Wildman–Crippen MR) is 92.3 cm³/mol. The van der Waals surface area contributed by atoms with Gasteiger partial charge in [-0.1, -0.05) is 6.07 Å². The molecular weight excluding hydrogens is 344 g/mol. The summed E-state index contributed by atoms with van der Waals surface area (Å²) in [6.07, 6.45) is 1.21. The Morgan fingerprint density at radius 1 is 1.42 bits per heavy atom. The average molecular weight is 367 g/mol. The van der Waals surface area contributed by atoms with E-state index < -0.39 is 30.1 Å². The van der Waals surface area contributed by atoms with E-state index in [0.29, 0.717) is 11.6 Å². The topological polar surface area (TPSA) is 71.8 Å². The standard InChI is InChI=1S/C17H23F2N5O2/c1-16(2,3)26-15(25)23-9-7-12(17(18,19)11-23)10-20-14-21-13-6-4-5-8-24(13)22-14/h4-6,8,12H,7,9-11H2,1-3H3,(H,20,22)/t12-/m1/s1. The van der Waals surface area contributed by atoms with Crippen molar-refractivity contribution in [1.29, 1.82) is 0 Å². The number of fused-ring (bicyclic) bond motifs is 1. The van der Waals surface area contributed by atoms with Gasteiger partial charge < -0.3 is 15.0 Å². The number of rotatable bonds is 3. The van der Waals surface area contributed by atoms with Crippen molar-refractivity contribution >= 4 is 17.7 Å². The maximum atomic E-state index is 14.5. The summed E-state index contributed by atoms with van der Waals surface area (Å²) < 4.78 is 35.7. The van der Waals surface area contributed by atoms with E-state index in [1.165, 1.54) is 0 Å². The van der Waals surface area contributed by atoms with Crippen LogP contribution in [0.4, 0.5) is 19.5 Å². The fraction of sp³-hybridized carbons (Fsp3) is 0.588. The summed E-state index contributed by atoms with van der Waals surface area (Å²) in [6, 6.07) is 5.42. The molecule has 7 nitrogen and oxygen atoms in total. The lowest BCUT2D eigenvalue weighted by molar-refractivity contribution is -0.106. The van der Waals surface area contributed by atoms with Crippen LogP contribution in [0.5, 0.6) is 0 Å². The molecule has 3 rings (SSSR count). The van der Waals surface area contributed by atoms with Crippen LogP contribution in [0.15, 0.2) is 24.4 Å². The molecule has 142 valence electrons. The Morgan fingerprint density at radius 3 is 2.85 bits per heavy atom. The Bertz CT molecular complexity index is 754. The summed E-state index contributed by atoms with van der Waals surface area (Å²) in [5.74, 6) is -3.62. The summed E-state index contributed by atoms with van der Waals surface area (Å²) in [7, 11) is 0. The monoisotopic (exact) mass is 367 g/mol. The van der Waals surface area contributed by atoms with E-state index in [0.717, 1.165) is 4.90 Å². The molecule has 0 unspecified atom stereocenters. The number of ether oxygens (including phenoxy) is 1. The summed E-state index contributed by atoms with van der Waals surface area (Å²) >= 11 is 0. The number of aromatic nitrogens is 3. The number of anilines is 1. The van der Waals surface area contributed by atoms with Gasteiger partial charge in [-0.2, -0.15) is 4.98 Å². The summed E-state index contributed by atoms with van der Waals surface area (Å²) in [5, 5.41) is 7.08. The molecule has 3 heterocycles. The number of carbonyl (C=O) groups excluding carboxylic acids is 1. The quantitative estimate of drug-likeness (QED) is 0.903. The average Bonchev–Trinajstić information content (AvgIpc) is 2.94. The summed E-state index contributed by atoms with van der Waals surface area (Å²) in [4.78, 5) is 17.3. The van der Waals surface area contributed by atoms with E-state index in [2.05, 4.69) is 15.4 Å². The zero-order valence-electron chi connectivity index (χ0n) is 15.1. The third kappa shape index (κ3) is 4.20. The van der Waals surface area contributed by atoms with Gasteiger partial charge in [0.25, 0.3) is 5.92 Å². The minimum Gasteiger partial charge on any atom is -0.444 e. The van der Waals surface area contributed by atoms with Crippen LogP contribution in [0.1, 0.15) is 27.2 Å². The molecule has 0 radical (unpaired) electrons. The first-order chi connectivity index (χ1) is 12.1. The number of likely N-dealkylation sites (tertiary alicyclic amines) is 1. The smallest absolute Gasteiger partial charge is 0.410 e. The molecular formula is C17H23F2N5O2. The molecule has 0 spiro atoms. The third-order valence-corrected chi connectivity index (χ3v) is 4.15. The van der Waals surface area contributed by atoms with E-state index in [4.69, 9.17) is 4.74 Å². The highest BCUT2D eigenvalue weighted by atomic mass is 19.3. The molecule has 26 heavy (non-hydrogen) atoms. The van der Waals surface area contributed by atoms with Crippen LogP contribution < -0.4 is 5.32 Å². The minimum atomic E-state index is -3.01. The Morgan fingerprint density at radius 2 is 2.19 bits per heavy atom. The lowest BCUT2D eigenvalue weighted by Gasteiger charge is -2.38. The molecule has 2 aromatic heterocycles. The summed E-state index contributed by atoms with van der Waals surface area (Å²) in [5.41, 5.74) is -0.0685. The van der Waals surface area contributed by atoms with Gasteiger partial charge in [-0.05, 0) is 39.3 Å². The SMILES string of the molecule is CC(C)(C)OC(=O)N1CC[C@H](CNc2nc3ccccn3n2)C(F)(F)C1. The number of nitrogens with zero attached hydrogens (tertiary/aromatic N) is 4. The number of alkyl halides is 2. The van der Waals surface area contributed by atoms with E-state index >= 15 is 0 Å². The Balaban J connectivity index is 1.59. The fourth-order valence-electron chi connectivity index (χ4n) is 2.84. The number of amides is 1. The van der Waals surface area contributed by atoms with E-state index in [1.807, 2.05) is 12.1 Å². The number of nitrogens with one attached hydrogen (secondary N) is 1. The zero-order valence-corrected chi connectivity index (χ0v) is 15.1. The van der Waals surface area contributed by atoms with Crippen molar-refractivity contribution in [3.63, 3.8) is 0 Å². The first-order valence-corrected chi connectivity index (χ1v) is 8.55. The van der Waals surface area contributed by atoms with Gasteiger partial charge in [0, 0.05) is 25.2 Å². The van der Waals surface area contributed by atoms with Crippen molar-refractivity contribution in [3.05, 3.63) is 24.4 Å². The third-order valence-electron chi connectivity index (χ3n) is 4.15. The van der Waals surface area contributed by atoms with E-state index in [-0.39, 0.29) is 19.5 Å². The highest BCUT2D eigenvalue weighted by Gasteiger charge is 2.46. The van der Waals surface area contributed by atoms with Crippen molar-refractivity contribution in [3.8, 4) is 0 Å². The maximum absolute atomic E-state index is 14.5. The molecule has 2 aromatic rings. The van der Waals surface area contributed by atoms with Crippen molar-refractivity contribution in [2.75, 3.05) is 25.0 Å². The molecule has 1 N–H and O–H groups in total. The number of halogens is 2. The molecule has 1 aliphatic rings. The van der Waals surface area contributed by atoms with Crippen LogP contribution in [-0.4, -0.2) is 56.7 Å². The molecule has 0 aromatic carbocycles. The Hall–Kier alpha value is -2.45. The van der Waals surface area contributed by atoms with Crippen molar-refractivity contribution in [2.24, 2.45) is 5.92 Å². The van der Waals surface area contributed by atoms with Crippen LogP contribution >= 0.6 is 0 Å². The largest absolute Gasteiger partial charge is 0.444 e. The normalized spacial score (nSPS) is 20.2. The number of piperidine rings is 1. The first-order valence-electron chi connectivity index (χ1n) is 8.55. The predicted octanol–water partition coefficient (Wildman–Crippen LogP) is 3.03. The molecule has 1 amide bonds. The molecule has 1 fully saturated rings. The minimum absolute atomic E-state index is 0.0338. The van der Waals surface area contributed by atoms with Gasteiger partial charge >= 0.3 is 6.09 Å². The molecule has 0 saturated carbocycles. The molecule has 9 heteroatoms. The number of hydrogen-bond donors (Lipinski definition) is 1. The van der Waals surface area contributed by atoms with Crippen LogP contribution in [0.2, 0.25) is 0 Å². The highest BCUT2D eigenvalue weighted by Crippen LogP contribution is 2.33. The molecule has 1 saturated heterocycles. The van der Waals surface area contributed by atoms with Gasteiger partial charge in [0.15, 0.2) is 5.65 Å². The molecule has 1 atom stereocenters. The van der Waals surface area contributed by atoms with Crippen molar-refractivity contribution in [2.45, 2.75) is 38.7 Å². The summed E-state index contributed by atoms with van der Waals surface area (Å²) in [6.45, 7) is 4.75. The van der Waals surface area contributed by atoms with Gasteiger partial charge in [-0.3, -0.25) is 0 Å². The number of hydrogen-bond acceptors (Lipinski definition) is 5. The van der Waals surface area contributed by atoms with Crippen LogP contribution in [0, 0.1) is 5.92 Å². The van der Waals surface area contributed by atoms with E-state index in [1.54, 1.807) is 37.5 Å². The van der Waals surface area contributed by atoms with Gasteiger partial charge in [-0.15, -0.1) is 5.10 Å². The van der Waals surface area contributed by atoms with Crippen molar-refractivity contribution < 1.29 is 18.3 Å². The lowest BCUT2D eigenvalue weighted by Crippen LogP contribution is -2.53. The number of pyridine rings is 1. The zero-order chi connectivity index (χ0) is 18.9. The Labute approximate surface area is 150 Å². The highest BCUT2D eigenvalue weighted by molar-refractivity contribution is 5.68. The molecule has 0 bridgehead atoms. The lowest BCUT2D eigenvalue weighted by atomic mass is 9.93. The fourth-order valence-corrected chi connectivity index (χ4v) is 2.84. The second kappa shape index (κ2) is 6.69. The van der Waals surface area contributed by atoms with Gasteiger partial charge in [-0.25, -0.2) is 18.1 Å².